The number of aromatic nitrogens is 3. The molecule has 134 valence electrons. The first-order valence-electron chi connectivity index (χ1n) is 8.56. The first-order valence-corrected chi connectivity index (χ1v) is 8.56. The standard InChI is InChI=1S/C21H17FN4O/c1-14-17(21(27)23-12-16-7-2-4-8-18(16)22)13-24-26(14)20-11-10-15-6-3-5-9-19(15)25-20/h2-11,13H,12H2,1H3,(H,23,27). The molecule has 0 spiro atoms. The maximum Gasteiger partial charge on any atom is 0.255 e. The Labute approximate surface area is 155 Å². The van der Waals surface area contributed by atoms with Crippen LogP contribution in [-0.2, 0) is 6.54 Å². The highest BCUT2D eigenvalue weighted by atomic mass is 19.1. The minimum absolute atomic E-state index is 0.115. The van der Waals surface area contributed by atoms with Gasteiger partial charge in [-0.15, -0.1) is 0 Å². The minimum atomic E-state index is -0.342. The summed E-state index contributed by atoms with van der Waals surface area (Å²) in [5.41, 5.74) is 2.40. The van der Waals surface area contributed by atoms with Crippen molar-refractivity contribution in [2.75, 3.05) is 0 Å². The number of para-hydroxylation sites is 1. The number of fused-ring (bicyclic) bond motifs is 1. The van der Waals surface area contributed by atoms with Crippen LogP contribution in [0.3, 0.4) is 0 Å². The van der Waals surface area contributed by atoms with Crippen LogP contribution in [0.2, 0.25) is 0 Å². The molecule has 5 nitrogen and oxygen atoms in total. The Balaban J connectivity index is 1.57. The highest BCUT2D eigenvalue weighted by Gasteiger charge is 2.16. The number of carbonyl (C=O) groups is 1. The Kier molecular flexibility index (Phi) is 4.38. The normalized spacial score (nSPS) is 10.9. The summed E-state index contributed by atoms with van der Waals surface area (Å²) in [4.78, 5) is 17.1. The van der Waals surface area contributed by atoms with E-state index in [1.165, 1.54) is 12.3 Å². The Morgan fingerprint density at radius 1 is 1.07 bits per heavy atom. The van der Waals surface area contributed by atoms with Gasteiger partial charge in [0.1, 0.15) is 5.82 Å². The Hall–Kier alpha value is -3.54. The van der Waals surface area contributed by atoms with Gasteiger partial charge in [0.25, 0.3) is 5.91 Å². The van der Waals surface area contributed by atoms with Gasteiger partial charge < -0.3 is 5.32 Å². The van der Waals surface area contributed by atoms with E-state index in [4.69, 9.17) is 0 Å². The molecule has 0 unspecified atom stereocenters. The topological polar surface area (TPSA) is 59.8 Å². The summed E-state index contributed by atoms with van der Waals surface area (Å²) >= 11 is 0. The lowest BCUT2D eigenvalue weighted by molar-refractivity contribution is 0.0950. The zero-order chi connectivity index (χ0) is 18.8. The molecule has 2 heterocycles. The van der Waals surface area contributed by atoms with Crippen LogP contribution < -0.4 is 5.32 Å². The van der Waals surface area contributed by atoms with E-state index in [0.29, 0.717) is 22.6 Å². The van der Waals surface area contributed by atoms with Crippen molar-refractivity contribution in [3.63, 3.8) is 0 Å². The molecule has 0 saturated heterocycles. The Morgan fingerprint density at radius 3 is 2.70 bits per heavy atom. The SMILES string of the molecule is Cc1c(C(=O)NCc2ccccc2F)cnn1-c1ccc2ccccc2n1. The molecule has 0 bridgehead atoms. The highest BCUT2D eigenvalue weighted by Crippen LogP contribution is 2.17. The van der Waals surface area contributed by atoms with E-state index in [9.17, 15) is 9.18 Å². The third-order valence-corrected chi connectivity index (χ3v) is 4.45. The predicted molar refractivity (Wildman–Crippen MR) is 101 cm³/mol. The lowest BCUT2D eigenvalue weighted by atomic mass is 10.2. The van der Waals surface area contributed by atoms with Crippen LogP contribution in [0.5, 0.6) is 0 Å². The zero-order valence-corrected chi connectivity index (χ0v) is 14.7. The van der Waals surface area contributed by atoms with Crippen LogP contribution in [-0.4, -0.2) is 20.7 Å². The quantitative estimate of drug-likeness (QED) is 0.602. The Morgan fingerprint density at radius 2 is 1.85 bits per heavy atom. The molecule has 2 aromatic heterocycles. The number of carbonyl (C=O) groups excluding carboxylic acids is 1. The fourth-order valence-electron chi connectivity index (χ4n) is 2.95. The van der Waals surface area contributed by atoms with E-state index in [2.05, 4.69) is 15.4 Å². The second kappa shape index (κ2) is 6.99. The van der Waals surface area contributed by atoms with Crippen molar-refractivity contribution in [3.8, 4) is 5.82 Å². The van der Waals surface area contributed by atoms with Crippen LogP contribution in [0.25, 0.3) is 16.7 Å². The summed E-state index contributed by atoms with van der Waals surface area (Å²) in [6.07, 6.45) is 1.50. The van der Waals surface area contributed by atoms with Crippen LogP contribution in [0.15, 0.2) is 66.9 Å². The smallest absolute Gasteiger partial charge is 0.255 e. The number of hydrogen-bond donors (Lipinski definition) is 1. The van der Waals surface area contributed by atoms with E-state index in [0.717, 1.165) is 10.9 Å². The van der Waals surface area contributed by atoms with Gasteiger partial charge in [-0.1, -0.05) is 36.4 Å². The minimum Gasteiger partial charge on any atom is -0.348 e. The van der Waals surface area contributed by atoms with Crippen molar-refractivity contribution < 1.29 is 9.18 Å². The molecule has 0 aliphatic heterocycles. The molecular weight excluding hydrogens is 343 g/mol. The summed E-state index contributed by atoms with van der Waals surface area (Å²) in [6.45, 7) is 1.92. The second-order valence-corrected chi connectivity index (χ2v) is 6.19. The van der Waals surface area contributed by atoms with Gasteiger partial charge in [0, 0.05) is 17.5 Å². The number of amides is 1. The highest BCUT2D eigenvalue weighted by molar-refractivity contribution is 5.95. The van der Waals surface area contributed by atoms with Crippen molar-refractivity contribution in [3.05, 3.63) is 89.5 Å². The molecule has 0 aliphatic rings. The number of halogens is 1. The molecule has 6 heteroatoms. The molecule has 0 radical (unpaired) electrons. The van der Waals surface area contributed by atoms with Gasteiger partial charge in [-0.25, -0.2) is 14.1 Å². The van der Waals surface area contributed by atoms with Gasteiger partial charge in [0.05, 0.1) is 23.0 Å². The first kappa shape index (κ1) is 16.9. The summed E-state index contributed by atoms with van der Waals surface area (Å²) in [5, 5.41) is 8.08. The van der Waals surface area contributed by atoms with Crippen LogP contribution >= 0.6 is 0 Å². The molecule has 0 aliphatic carbocycles. The van der Waals surface area contributed by atoms with E-state index in [-0.39, 0.29) is 18.3 Å². The van der Waals surface area contributed by atoms with Crippen LogP contribution in [0.1, 0.15) is 21.6 Å². The van der Waals surface area contributed by atoms with Crippen molar-refractivity contribution in [1.82, 2.24) is 20.1 Å². The maximum absolute atomic E-state index is 13.7. The summed E-state index contributed by atoms with van der Waals surface area (Å²) in [6, 6.07) is 18.0. The fourth-order valence-corrected chi connectivity index (χ4v) is 2.95. The molecule has 0 atom stereocenters. The summed E-state index contributed by atoms with van der Waals surface area (Å²) in [5.74, 6) is -0.00673. The Bertz CT molecular complexity index is 1140. The van der Waals surface area contributed by atoms with Crippen molar-refractivity contribution >= 4 is 16.8 Å². The second-order valence-electron chi connectivity index (χ2n) is 6.19. The molecular formula is C21H17FN4O. The number of benzene rings is 2. The van der Waals surface area contributed by atoms with Crippen molar-refractivity contribution in [1.29, 1.82) is 0 Å². The first-order chi connectivity index (χ1) is 13.1. The molecule has 2 aromatic carbocycles. The monoisotopic (exact) mass is 360 g/mol. The van der Waals surface area contributed by atoms with E-state index < -0.39 is 0 Å². The molecule has 0 saturated carbocycles. The molecule has 4 aromatic rings. The average Bonchev–Trinajstić information content (AvgIpc) is 3.08. The van der Waals surface area contributed by atoms with Gasteiger partial charge in [-0.2, -0.15) is 5.10 Å². The maximum atomic E-state index is 13.7. The molecule has 27 heavy (non-hydrogen) atoms. The predicted octanol–water partition coefficient (Wildman–Crippen LogP) is 3.80. The largest absolute Gasteiger partial charge is 0.348 e. The van der Waals surface area contributed by atoms with Gasteiger partial charge in [-0.3, -0.25) is 4.79 Å². The van der Waals surface area contributed by atoms with E-state index in [1.54, 1.807) is 22.9 Å². The number of nitrogens with one attached hydrogen (secondary N) is 1. The molecule has 4 rings (SSSR count). The number of pyridine rings is 1. The van der Waals surface area contributed by atoms with Crippen molar-refractivity contribution in [2.24, 2.45) is 0 Å². The molecule has 1 amide bonds. The number of rotatable bonds is 4. The number of nitrogens with zero attached hydrogens (tertiary/aromatic N) is 3. The molecule has 0 fully saturated rings. The summed E-state index contributed by atoms with van der Waals surface area (Å²) < 4.78 is 15.3. The number of hydrogen-bond acceptors (Lipinski definition) is 3. The molecule has 1 N–H and O–H groups in total. The lowest BCUT2D eigenvalue weighted by Crippen LogP contribution is -2.23. The van der Waals surface area contributed by atoms with Gasteiger partial charge >= 0.3 is 0 Å². The van der Waals surface area contributed by atoms with Crippen molar-refractivity contribution in [2.45, 2.75) is 13.5 Å². The lowest BCUT2D eigenvalue weighted by Gasteiger charge is -2.07. The van der Waals surface area contributed by atoms with E-state index >= 15 is 0 Å². The van der Waals surface area contributed by atoms with Crippen LogP contribution in [0, 0.1) is 12.7 Å². The average molecular weight is 360 g/mol. The van der Waals surface area contributed by atoms with Gasteiger partial charge in [0.2, 0.25) is 0 Å². The third-order valence-electron chi connectivity index (χ3n) is 4.45. The zero-order valence-electron chi connectivity index (χ0n) is 14.7. The van der Waals surface area contributed by atoms with Gasteiger partial charge in [0.15, 0.2) is 5.82 Å². The third kappa shape index (κ3) is 3.29. The van der Waals surface area contributed by atoms with Crippen LogP contribution in [0.4, 0.5) is 4.39 Å². The van der Waals surface area contributed by atoms with E-state index in [1.807, 2.05) is 43.3 Å². The summed E-state index contributed by atoms with van der Waals surface area (Å²) in [7, 11) is 0. The van der Waals surface area contributed by atoms with Gasteiger partial charge in [-0.05, 0) is 31.2 Å². The fraction of sp³-hybridized carbons (Fsp3) is 0.0952.